The lowest BCUT2D eigenvalue weighted by Crippen LogP contribution is -2.54. The zero-order valence-corrected chi connectivity index (χ0v) is 23.4. The SMILES string of the molecule is COc1ccc(N2C/C=C/COC(=O)[C@H](CC(C)C)NC(=O)[C@@H]3CCCN3C(=O)[C@@H](O)[C@@H]2c2ccccc2)cc1. The van der Waals surface area contributed by atoms with Crippen molar-refractivity contribution in [3.05, 3.63) is 72.3 Å². The molecule has 2 N–H and O–H groups in total. The normalized spacial score (nSPS) is 25.5. The van der Waals surface area contributed by atoms with Crippen molar-refractivity contribution in [3.8, 4) is 5.75 Å². The number of methoxy groups -OCH3 is 1. The van der Waals surface area contributed by atoms with E-state index in [1.807, 2.05) is 79.4 Å². The number of benzene rings is 2. The number of nitrogens with one attached hydrogen (secondary N) is 1. The summed E-state index contributed by atoms with van der Waals surface area (Å²) in [5.41, 5.74) is 1.51. The van der Waals surface area contributed by atoms with Crippen molar-refractivity contribution < 1.29 is 29.0 Å². The number of ether oxygens (including phenoxy) is 2. The zero-order valence-electron chi connectivity index (χ0n) is 23.4. The number of hydrogen-bond acceptors (Lipinski definition) is 7. The second-order valence-electron chi connectivity index (χ2n) is 10.6. The predicted octanol–water partition coefficient (Wildman–Crippen LogP) is 3.24. The van der Waals surface area contributed by atoms with Crippen molar-refractivity contribution >= 4 is 23.5 Å². The first-order valence-corrected chi connectivity index (χ1v) is 13.9. The van der Waals surface area contributed by atoms with Crippen molar-refractivity contribution in [1.82, 2.24) is 10.2 Å². The quantitative estimate of drug-likeness (QED) is 0.436. The molecule has 1 saturated heterocycles. The van der Waals surface area contributed by atoms with E-state index in [4.69, 9.17) is 9.47 Å². The number of nitrogens with zero attached hydrogens (tertiary/aromatic N) is 2. The van der Waals surface area contributed by atoms with E-state index in [1.165, 1.54) is 4.90 Å². The van der Waals surface area contributed by atoms with Crippen LogP contribution in [0, 0.1) is 5.92 Å². The van der Waals surface area contributed by atoms with Gasteiger partial charge in [-0.15, -0.1) is 0 Å². The third-order valence-electron chi connectivity index (χ3n) is 7.37. The van der Waals surface area contributed by atoms with Gasteiger partial charge in [0, 0.05) is 18.8 Å². The fourth-order valence-electron chi connectivity index (χ4n) is 5.38. The Morgan fingerprint density at radius 2 is 1.75 bits per heavy atom. The van der Waals surface area contributed by atoms with Crippen LogP contribution in [0.15, 0.2) is 66.7 Å². The third kappa shape index (κ3) is 6.83. The molecule has 0 radical (unpaired) electrons. The van der Waals surface area contributed by atoms with Gasteiger partial charge >= 0.3 is 5.97 Å². The number of esters is 1. The number of carbonyl (C=O) groups is 3. The van der Waals surface area contributed by atoms with Crippen molar-refractivity contribution in [1.29, 1.82) is 0 Å². The van der Waals surface area contributed by atoms with Gasteiger partial charge in [0.2, 0.25) is 5.91 Å². The highest BCUT2D eigenvalue weighted by atomic mass is 16.5. The molecule has 2 aromatic rings. The lowest BCUT2D eigenvalue weighted by Gasteiger charge is -2.38. The van der Waals surface area contributed by atoms with Crippen LogP contribution in [0.2, 0.25) is 0 Å². The Bertz CT molecular complexity index is 1180. The molecule has 2 heterocycles. The molecule has 1 fully saturated rings. The molecule has 2 amide bonds. The first-order chi connectivity index (χ1) is 19.3. The van der Waals surface area contributed by atoms with E-state index in [1.54, 1.807) is 13.2 Å². The average molecular weight is 550 g/mol. The van der Waals surface area contributed by atoms with E-state index in [0.29, 0.717) is 38.1 Å². The van der Waals surface area contributed by atoms with Crippen LogP contribution in [0.3, 0.4) is 0 Å². The number of hydrogen-bond donors (Lipinski definition) is 2. The number of rotatable bonds is 5. The van der Waals surface area contributed by atoms with Crippen molar-refractivity contribution in [3.63, 3.8) is 0 Å². The van der Waals surface area contributed by atoms with Gasteiger partial charge in [-0.05, 0) is 61.1 Å². The molecule has 0 aromatic heterocycles. The van der Waals surface area contributed by atoms with Crippen molar-refractivity contribution in [2.24, 2.45) is 5.92 Å². The molecular formula is C31H39N3O6. The molecule has 2 aliphatic heterocycles. The smallest absolute Gasteiger partial charge is 0.328 e. The Morgan fingerprint density at radius 1 is 1.02 bits per heavy atom. The van der Waals surface area contributed by atoms with Crippen LogP contribution >= 0.6 is 0 Å². The molecular weight excluding hydrogens is 510 g/mol. The summed E-state index contributed by atoms with van der Waals surface area (Å²) in [6, 6.07) is 14.4. The minimum atomic E-state index is -1.46. The number of cyclic esters (lactones) is 1. The molecule has 40 heavy (non-hydrogen) atoms. The van der Waals surface area contributed by atoms with Crippen LogP contribution < -0.4 is 15.0 Å². The molecule has 9 heteroatoms. The third-order valence-corrected chi connectivity index (χ3v) is 7.37. The van der Waals surface area contributed by atoms with Crippen LogP contribution in [-0.2, 0) is 19.1 Å². The van der Waals surface area contributed by atoms with E-state index < -0.39 is 42.0 Å². The molecule has 4 atom stereocenters. The topological polar surface area (TPSA) is 108 Å². The van der Waals surface area contributed by atoms with E-state index in [0.717, 1.165) is 11.3 Å². The first kappa shape index (κ1) is 29.1. The summed E-state index contributed by atoms with van der Waals surface area (Å²) >= 11 is 0. The monoisotopic (exact) mass is 549 g/mol. The summed E-state index contributed by atoms with van der Waals surface area (Å²) in [6.45, 7) is 4.63. The highest BCUT2D eigenvalue weighted by Crippen LogP contribution is 2.33. The molecule has 0 saturated carbocycles. The van der Waals surface area contributed by atoms with Crippen LogP contribution in [-0.4, -0.2) is 72.8 Å². The molecule has 2 aromatic carbocycles. The standard InChI is InChI=1S/C31H39N3O6/c1-21(2)20-25-31(38)40-19-8-7-17-33(23-13-15-24(39-3)16-14-23)27(22-10-5-4-6-11-22)28(35)30(37)34-18-9-12-26(34)29(36)32-25/h4-8,10-11,13-16,21,25-28,35H,9,12,17-20H2,1-3H3,(H,32,36)/b8-7+/t25-,26-,27-,28-/m0/s1. The highest BCUT2D eigenvalue weighted by Gasteiger charge is 2.42. The molecule has 9 nitrogen and oxygen atoms in total. The number of carbonyl (C=O) groups excluding carboxylic acids is 3. The summed E-state index contributed by atoms with van der Waals surface area (Å²) < 4.78 is 10.8. The Morgan fingerprint density at radius 3 is 2.42 bits per heavy atom. The Hall–Kier alpha value is -3.85. The van der Waals surface area contributed by atoms with E-state index in [-0.39, 0.29) is 12.5 Å². The van der Waals surface area contributed by atoms with Gasteiger partial charge < -0.3 is 29.7 Å². The number of fused-ring (bicyclic) bond motifs is 1. The van der Waals surface area contributed by atoms with E-state index in [9.17, 15) is 19.5 Å². The molecule has 214 valence electrons. The van der Waals surface area contributed by atoms with Crippen LogP contribution in [0.25, 0.3) is 0 Å². The van der Waals surface area contributed by atoms with Crippen molar-refractivity contribution in [2.75, 3.05) is 31.7 Å². The fraction of sp³-hybridized carbons (Fsp3) is 0.452. The predicted molar refractivity (Wildman–Crippen MR) is 152 cm³/mol. The van der Waals surface area contributed by atoms with Gasteiger partial charge in [0.25, 0.3) is 5.91 Å². The summed E-state index contributed by atoms with van der Waals surface area (Å²) in [5, 5.41) is 14.6. The van der Waals surface area contributed by atoms with Crippen LogP contribution in [0.4, 0.5) is 5.69 Å². The minimum Gasteiger partial charge on any atom is -0.497 e. The van der Waals surface area contributed by atoms with Crippen LogP contribution in [0.5, 0.6) is 5.75 Å². The summed E-state index contributed by atoms with van der Waals surface area (Å²) in [6.07, 6.45) is 3.61. The second-order valence-corrected chi connectivity index (χ2v) is 10.6. The fourth-order valence-corrected chi connectivity index (χ4v) is 5.38. The maximum Gasteiger partial charge on any atom is 0.328 e. The van der Waals surface area contributed by atoms with E-state index in [2.05, 4.69) is 5.32 Å². The largest absolute Gasteiger partial charge is 0.497 e. The summed E-state index contributed by atoms with van der Waals surface area (Å²) in [4.78, 5) is 43.6. The maximum atomic E-state index is 13.9. The lowest BCUT2D eigenvalue weighted by molar-refractivity contribution is -0.149. The van der Waals surface area contributed by atoms with Gasteiger partial charge in [-0.2, -0.15) is 0 Å². The number of aliphatic hydroxyl groups is 1. The number of amides is 2. The van der Waals surface area contributed by atoms with Gasteiger partial charge in [0.1, 0.15) is 24.4 Å². The van der Waals surface area contributed by atoms with Gasteiger partial charge in [0.15, 0.2) is 6.10 Å². The zero-order chi connectivity index (χ0) is 28.6. The Kier molecular flexibility index (Phi) is 9.82. The summed E-state index contributed by atoms with van der Waals surface area (Å²) in [7, 11) is 1.59. The average Bonchev–Trinajstić information content (AvgIpc) is 3.45. The Labute approximate surface area is 235 Å². The van der Waals surface area contributed by atoms with Crippen LogP contribution in [0.1, 0.15) is 44.7 Å². The minimum absolute atomic E-state index is 0.0345. The maximum absolute atomic E-state index is 13.9. The van der Waals surface area contributed by atoms with Gasteiger partial charge in [-0.25, -0.2) is 4.79 Å². The molecule has 0 spiro atoms. The van der Waals surface area contributed by atoms with Gasteiger partial charge in [-0.1, -0.05) is 50.3 Å². The van der Waals surface area contributed by atoms with Gasteiger partial charge in [0.05, 0.1) is 13.2 Å². The molecule has 0 unspecified atom stereocenters. The molecule has 0 bridgehead atoms. The van der Waals surface area contributed by atoms with E-state index >= 15 is 0 Å². The lowest BCUT2D eigenvalue weighted by atomic mass is 9.97. The number of anilines is 1. The molecule has 2 aliphatic rings. The Balaban J connectivity index is 1.76. The first-order valence-electron chi connectivity index (χ1n) is 13.9. The number of aliphatic hydroxyl groups excluding tert-OH is 1. The van der Waals surface area contributed by atoms with Gasteiger partial charge in [-0.3, -0.25) is 9.59 Å². The highest BCUT2D eigenvalue weighted by molar-refractivity contribution is 5.92. The molecule has 0 aliphatic carbocycles. The van der Waals surface area contributed by atoms with Crippen molar-refractivity contribution in [2.45, 2.75) is 57.3 Å². The summed E-state index contributed by atoms with van der Waals surface area (Å²) in [5.74, 6) is -0.615. The molecule has 4 rings (SSSR count). The second kappa shape index (κ2) is 13.5.